The third-order valence-electron chi connectivity index (χ3n) is 4.04. The van der Waals surface area contributed by atoms with Gasteiger partial charge in [0.1, 0.15) is 0 Å². The number of tetrazole rings is 1. The van der Waals surface area contributed by atoms with E-state index in [4.69, 9.17) is 0 Å². The van der Waals surface area contributed by atoms with Crippen molar-refractivity contribution in [1.29, 1.82) is 0 Å². The predicted octanol–water partition coefficient (Wildman–Crippen LogP) is 2.79. The van der Waals surface area contributed by atoms with Crippen molar-refractivity contribution in [3.05, 3.63) is 29.8 Å². The first-order chi connectivity index (χ1) is 11.6. The third-order valence-corrected chi connectivity index (χ3v) is 5.10. The number of fused-ring (bicyclic) bond motifs is 1. The molecule has 2 aromatic rings. The summed E-state index contributed by atoms with van der Waals surface area (Å²) < 4.78 is 1.78. The normalized spacial score (nSPS) is 15.4. The molecule has 0 saturated carbocycles. The first kappa shape index (κ1) is 17.0. The van der Waals surface area contributed by atoms with Crippen molar-refractivity contribution < 1.29 is 4.79 Å². The molecule has 24 heavy (non-hydrogen) atoms. The van der Waals surface area contributed by atoms with Crippen LogP contribution in [0.1, 0.15) is 32.8 Å². The second-order valence-electron chi connectivity index (χ2n) is 6.52. The van der Waals surface area contributed by atoms with Crippen molar-refractivity contribution in [2.75, 3.05) is 11.4 Å². The maximum atomic E-state index is 12.9. The molecule has 0 N–H and O–H groups in total. The quantitative estimate of drug-likeness (QED) is 0.780. The summed E-state index contributed by atoms with van der Waals surface area (Å²) in [7, 11) is 0. The van der Waals surface area contributed by atoms with Gasteiger partial charge in [-0.3, -0.25) is 4.79 Å². The van der Waals surface area contributed by atoms with Crippen LogP contribution in [0.3, 0.4) is 0 Å². The van der Waals surface area contributed by atoms with Crippen LogP contribution in [0.15, 0.2) is 29.4 Å². The van der Waals surface area contributed by atoms with Crippen LogP contribution < -0.4 is 4.90 Å². The van der Waals surface area contributed by atoms with Crippen LogP contribution in [-0.4, -0.2) is 37.9 Å². The largest absolute Gasteiger partial charge is 0.311 e. The topological polar surface area (TPSA) is 63.9 Å². The number of aryl methyl sites for hydroxylation is 1. The highest BCUT2D eigenvalue weighted by Gasteiger charge is 2.28. The van der Waals surface area contributed by atoms with E-state index >= 15 is 0 Å². The zero-order valence-electron chi connectivity index (χ0n) is 14.3. The van der Waals surface area contributed by atoms with Crippen molar-refractivity contribution in [3.63, 3.8) is 0 Å². The Labute approximate surface area is 146 Å². The van der Waals surface area contributed by atoms with Gasteiger partial charge in [0.15, 0.2) is 0 Å². The van der Waals surface area contributed by atoms with E-state index in [2.05, 4.69) is 35.4 Å². The number of thioether (sulfide) groups is 1. The minimum atomic E-state index is -0.229. The van der Waals surface area contributed by atoms with Gasteiger partial charge in [-0.25, -0.2) is 4.68 Å². The molecule has 0 spiro atoms. The third kappa shape index (κ3) is 3.61. The number of carbonyl (C=O) groups is 1. The van der Waals surface area contributed by atoms with Crippen LogP contribution in [0.25, 0.3) is 0 Å². The maximum Gasteiger partial charge on any atom is 0.240 e. The highest BCUT2D eigenvalue weighted by Crippen LogP contribution is 2.30. The summed E-state index contributed by atoms with van der Waals surface area (Å²) in [5.41, 5.74) is 2.29. The predicted molar refractivity (Wildman–Crippen MR) is 95.1 cm³/mol. The molecule has 0 saturated heterocycles. The lowest BCUT2D eigenvalue weighted by Gasteiger charge is -2.31. The van der Waals surface area contributed by atoms with E-state index in [-0.39, 0.29) is 11.2 Å². The number of carbonyl (C=O) groups excluding carboxylic acids is 1. The van der Waals surface area contributed by atoms with Gasteiger partial charge in [0, 0.05) is 18.8 Å². The molecule has 128 valence electrons. The number of anilines is 1. The summed E-state index contributed by atoms with van der Waals surface area (Å²) in [6.45, 7) is 7.70. The van der Waals surface area contributed by atoms with Gasteiger partial charge in [-0.2, -0.15) is 0 Å². The minimum Gasteiger partial charge on any atom is -0.311 e. The fourth-order valence-corrected chi connectivity index (χ4v) is 3.79. The Bertz CT molecular complexity index is 715. The van der Waals surface area contributed by atoms with Crippen LogP contribution in [0.5, 0.6) is 0 Å². The van der Waals surface area contributed by atoms with Crippen LogP contribution in [0, 0.1) is 5.92 Å². The van der Waals surface area contributed by atoms with Gasteiger partial charge in [0.05, 0.1) is 5.25 Å². The SMILES string of the molecule is CC(C)Cn1nnnc1SC(C)C(=O)N1CCCc2ccccc21. The minimum absolute atomic E-state index is 0.117. The highest BCUT2D eigenvalue weighted by atomic mass is 32.2. The van der Waals surface area contributed by atoms with E-state index in [1.165, 1.54) is 17.3 Å². The Hall–Kier alpha value is -1.89. The van der Waals surface area contributed by atoms with Gasteiger partial charge in [-0.05, 0) is 47.7 Å². The summed E-state index contributed by atoms with van der Waals surface area (Å²) in [6.07, 6.45) is 2.04. The standard InChI is InChI=1S/C17H23N5OS/c1-12(2)11-22-17(18-19-20-22)24-13(3)16(23)21-10-6-8-14-7-4-5-9-15(14)21/h4-5,7,9,12-13H,6,8,10-11H2,1-3H3. The second-order valence-corrected chi connectivity index (χ2v) is 7.83. The fourth-order valence-electron chi connectivity index (χ4n) is 2.93. The summed E-state index contributed by atoms with van der Waals surface area (Å²) in [4.78, 5) is 14.9. The van der Waals surface area contributed by atoms with Crippen LogP contribution in [0.4, 0.5) is 5.69 Å². The van der Waals surface area contributed by atoms with E-state index in [9.17, 15) is 4.79 Å². The summed E-state index contributed by atoms with van der Waals surface area (Å²) in [5, 5.41) is 12.3. The first-order valence-corrected chi connectivity index (χ1v) is 9.26. The van der Waals surface area contributed by atoms with Crippen molar-refractivity contribution >= 4 is 23.4 Å². The Balaban J connectivity index is 1.73. The lowest BCUT2D eigenvalue weighted by atomic mass is 10.0. The lowest BCUT2D eigenvalue weighted by molar-refractivity contribution is -0.117. The number of hydrogen-bond donors (Lipinski definition) is 0. The molecule has 2 heterocycles. The number of aromatic nitrogens is 4. The zero-order valence-corrected chi connectivity index (χ0v) is 15.2. The molecule has 1 aliphatic heterocycles. The Morgan fingerprint density at radius 3 is 2.88 bits per heavy atom. The van der Waals surface area contributed by atoms with E-state index < -0.39 is 0 Å². The Kier molecular flexibility index (Phi) is 5.18. The first-order valence-electron chi connectivity index (χ1n) is 8.38. The van der Waals surface area contributed by atoms with Crippen LogP contribution in [-0.2, 0) is 17.8 Å². The smallest absolute Gasteiger partial charge is 0.240 e. The molecular weight excluding hydrogens is 322 g/mol. The molecular formula is C17H23N5OS. The molecule has 3 rings (SSSR count). The van der Waals surface area contributed by atoms with Crippen molar-refractivity contribution in [3.8, 4) is 0 Å². The number of amides is 1. The molecule has 0 bridgehead atoms. The van der Waals surface area contributed by atoms with Gasteiger partial charge in [-0.15, -0.1) is 5.10 Å². The van der Waals surface area contributed by atoms with Crippen molar-refractivity contribution in [1.82, 2.24) is 20.2 Å². The van der Waals surface area contributed by atoms with E-state index in [0.717, 1.165) is 31.6 Å². The molecule has 0 aliphatic carbocycles. The van der Waals surface area contributed by atoms with Crippen molar-refractivity contribution in [2.45, 2.75) is 50.6 Å². The number of hydrogen-bond acceptors (Lipinski definition) is 5. The Morgan fingerprint density at radius 1 is 1.29 bits per heavy atom. The highest BCUT2D eigenvalue weighted by molar-refractivity contribution is 8.00. The van der Waals surface area contributed by atoms with Gasteiger partial charge < -0.3 is 4.90 Å². The number of nitrogens with zero attached hydrogens (tertiary/aromatic N) is 5. The number of rotatable bonds is 5. The molecule has 6 nitrogen and oxygen atoms in total. The van der Waals surface area contributed by atoms with Gasteiger partial charge in [0.25, 0.3) is 0 Å². The molecule has 7 heteroatoms. The molecule has 1 aromatic carbocycles. The zero-order chi connectivity index (χ0) is 17.1. The number of para-hydroxylation sites is 1. The van der Waals surface area contributed by atoms with Crippen LogP contribution >= 0.6 is 11.8 Å². The van der Waals surface area contributed by atoms with Gasteiger partial charge in [0.2, 0.25) is 11.1 Å². The molecule has 1 amide bonds. The summed E-state index contributed by atoms with van der Waals surface area (Å²) >= 11 is 1.43. The maximum absolute atomic E-state index is 12.9. The molecule has 1 unspecified atom stereocenters. The molecule has 1 aliphatic rings. The molecule has 0 fully saturated rings. The average molecular weight is 345 g/mol. The van der Waals surface area contributed by atoms with Gasteiger partial charge in [-0.1, -0.05) is 43.8 Å². The molecule has 1 atom stereocenters. The van der Waals surface area contributed by atoms with Crippen LogP contribution in [0.2, 0.25) is 0 Å². The van der Waals surface area contributed by atoms with E-state index in [1.54, 1.807) is 4.68 Å². The molecule has 0 radical (unpaired) electrons. The second kappa shape index (κ2) is 7.34. The number of benzene rings is 1. The van der Waals surface area contributed by atoms with Crippen molar-refractivity contribution in [2.24, 2.45) is 5.92 Å². The van der Waals surface area contributed by atoms with E-state index in [1.807, 2.05) is 30.0 Å². The summed E-state index contributed by atoms with van der Waals surface area (Å²) in [5.74, 6) is 0.569. The lowest BCUT2D eigenvalue weighted by Crippen LogP contribution is -2.40. The Morgan fingerprint density at radius 2 is 2.08 bits per heavy atom. The fraction of sp³-hybridized carbons (Fsp3) is 0.529. The van der Waals surface area contributed by atoms with E-state index in [0.29, 0.717) is 11.1 Å². The monoisotopic (exact) mass is 345 g/mol. The average Bonchev–Trinajstić information content (AvgIpc) is 2.99. The van der Waals surface area contributed by atoms with Gasteiger partial charge >= 0.3 is 0 Å². The summed E-state index contributed by atoms with van der Waals surface area (Å²) in [6, 6.07) is 8.17. The molecule has 1 aromatic heterocycles.